The van der Waals surface area contributed by atoms with E-state index < -0.39 is 17.7 Å². The number of aromatic nitrogens is 1. The number of rotatable bonds is 8. The molecule has 0 bridgehead atoms. The summed E-state index contributed by atoms with van der Waals surface area (Å²) in [6.07, 6.45) is 7.56. The lowest BCUT2D eigenvalue weighted by Crippen LogP contribution is -2.50. The molecule has 2 aliphatic carbocycles. The molecule has 2 amide bonds. The van der Waals surface area contributed by atoms with Crippen LogP contribution in [0.15, 0.2) is 61.2 Å². The van der Waals surface area contributed by atoms with E-state index in [1.54, 1.807) is 22.2 Å². The Balaban J connectivity index is 1.58. The molecule has 2 aromatic rings. The Morgan fingerprint density at radius 2 is 1.95 bits per heavy atom. The lowest BCUT2D eigenvalue weighted by molar-refractivity contribution is 0.0513. The Labute approximate surface area is 264 Å². The Morgan fingerprint density at radius 3 is 2.59 bits per heavy atom. The molecule has 1 saturated carbocycles. The lowest BCUT2D eigenvalue weighted by Gasteiger charge is -2.39. The van der Waals surface area contributed by atoms with Gasteiger partial charge in [-0.3, -0.25) is 9.88 Å². The molecule has 10 nitrogen and oxygen atoms in total. The summed E-state index contributed by atoms with van der Waals surface area (Å²) in [6.45, 7) is 11.8. The highest BCUT2D eigenvalue weighted by atomic mass is 35.5. The molecule has 2 atom stereocenters. The normalized spacial score (nSPS) is 20.0. The van der Waals surface area contributed by atoms with Crippen molar-refractivity contribution < 1.29 is 19.1 Å². The fourth-order valence-electron chi connectivity index (χ4n) is 5.72. The van der Waals surface area contributed by atoms with Crippen molar-refractivity contribution in [3.05, 3.63) is 88.6 Å². The molecule has 0 spiro atoms. The van der Waals surface area contributed by atoms with Crippen molar-refractivity contribution in [2.45, 2.75) is 57.4 Å². The molecule has 3 N–H and O–H groups in total. The van der Waals surface area contributed by atoms with Gasteiger partial charge in [0, 0.05) is 50.6 Å². The molecule has 234 valence electrons. The molecule has 1 aromatic carbocycles. The van der Waals surface area contributed by atoms with Gasteiger partial charge in [0.25, 0.3) is 0 Å². The maximum absolute atomic E-state index is 13.3. The highest BCUT2D eigenvalue weighted by molar-refractivity contribution is 6.30. The number of ether oxygens (including phenoxy) is 2. The van der Waals surface area contributed by atoms with Crippen molar-refractivity contribution in [1.82, 2.24) is 25.0 Å². The highest BCUT2D eigenvalue weighted by Gasteiger charge is 2.43. The van der Waals surface area contributed by atoms with E-state index >= 15 is 0 Å². The number of carbonyl (C=O) groups excluding carboxylic acids is 2. The average molecular weight is 621 g/mol. The quantitative estimate of drug-likeness (QED) is 0.405. The second-order valence-electron chi connectivity index (χ2n) is 12.0. The van der Waals surface area contributed by atoms with E-state index in [0.29, 0.717) is 36.9 Å². The monoisotopic (exact) mass is 620 g/mol. The molecule has 2 unspecified atom stereocenters. The smallest absolute Gasteiger partial charge is 0.410 e. The lowest BCUT2D eigenvalue weighted by atomic mass is 9.89. The molecular formula is C33H41ClN6O4. The molecule has 1 aliphatic heterocycles. The van der Waals surface area contributed by atoms with Gasteiger partial charge < -0.3 is 30.3 Å². The van der Waals surface area contributed by atoms with Crippen LogP contribution < -0.4 is 11.1 Å². The molecule has 1 saturated heterocycles. The van der Waals surface area contributed by atoms with Crippen LogP contribution >= 0.6 is 11.6 Å². The number of amides is 2. The third-order valence-electron chi connectivity index (χ3n) is 8.35. The standard InChI is InChI=1S/C33H41ClN6O4/c1-6-38(5)27(20-35)29(37-31(41)44-33(4)11-12-33)26-18-22-8-7-13-36-28(22)30(24-10-9-23(34)19-25(24)26)39-14-16-40(17-15-39)32(42)43-21(2)3/h6-10,13,18-21,29-30H,1,11-12,14-17,35H2,2-5H3,(H,37,41)/b27-20-. The number of alkyl carbamates (subject to hydrolysis) is 1. The third-order valence-corrected chi connectivity index (χ3v) is 8.59. The van der Waals surface area contributed by atoms with Crippen LogP contribution in [-0.4, -0.2) is 82.8 Å². The van der Waals surface area contributed by atoms with Gasteiger partial charge in [0.05, 0.1) is 29.6 Å². The zero-order chi connectivity index (χ0) is 31.6. The Morgan fingerprint density at radius 1 is 1.23 bits per heavy atom. The minimum atomic E-state index is -0.704. The first kappa shape index (κ1) is 31.4. The molecule has 1 aromatic heterocycles. The molecule has 2 heterocycles. The first-order valence-corrected chi connectivity index (χ1v) is 15.3. The zero-order valence-corrected chi connectivity index (χ0v) is 26.5. The minimum Gasteiger partial charge on any atom is -0.447 e. The summed E-state index contributed by atoms with van der Waals surface area (Å²) in [5.74, 6) is 0. The van der Waals surface area contributed by atoms with Gasteiger partial charge in [-0.1, -0.05) is 30.3 Å². The third kappa shape index (κ3) is 6.71. The Hall–Kier alpha value is -4.02. The summed E-state index contributed by atoms with van der Waals surface area (Å²) in [5.41, 5.74) is 10.7. The zero-order valence-electron chi connectivity index (χ0n) is 25.8. The predicted octanol–water partition coefficient (Wildman–Crippen LogP) is 5.36. The minimum absolute atomic E-state index is 0.182. The second kappa shape index (κ2) is 12.9. The number of hydrogen-bond donors (Lipinski definition) is 2. The van der Waals surface area contributed by atoms with Gasteiger partial charge in [0.2, 0.25) is 0 Å². The summed E-state index contributed by atoms with van der Waals surface area (Å²) in [5, 5.41) is 3.65. The van der Waals surface area contributed by atoms with E-state index in [4.69, 9.17) is 31.8 Å². The maximum atomic E-state index is 13.3. The molecule has 3 aliphatic rings. The van der Waals surface area contributed by atoms with E-state index in [9.17, 15) is 9.59 Å². The molecular weight excluding hydrogens is 580 g/mol. The van der Waals surface area contributed by atoms with Crippen LogP contribution in [0.3, 0.4) is 0 Å². The van der Waals surface area contributed by atoms with Crippen molar-refractivity contribution in [3.8, 4) is 0 Å². The van der Waals surface area contributed by atoms with E-state index in [-0.39, 0.29) is 18.2 Å². The highest BCUT2D eigenvalue weighted by Crippen LogP contribution is 2.43. The van der Waals surface area contributed by atoms with Crippen LogP contribution in [0.1, 0.15) is 62.0 Å². The van der Waals surface area contributed by atoms with Crippen molar-refractivity contribution >= 4 is 35.4 Å². The fourth-order valence-corrected chi connectivity index (χ4v) is 5.89. The second-order valence-corrected chi connectivity index (χ2v) is 12.4. The molecule has 44 heavy (non-hydrogen) atoms. The van der Waals surface area contributed by atoms with E-state index in [1.165, 1.54) is 6.20 Å². The van der Waals surface area contributed by atoms with Gasteiger partial charge in [-0.2, -0.15) is 0 Å². The Bertz CT molecular complexity index is 1480. The first-order chi connectivity index (χ1) is 21.0. The summed E-state index contributed by atoms with van der Waals surface area (Å²) >= 11 is 6.65. The van der Waals surface area contributed by atoms with Crippen LogP contribution in [-0.2, 0) is 9.47 Å². The van der Waals surface area contributed by atoms with Crippen molar-refractivity contribution in [1.29, 1.82) is 0 Å². The number of halogens is 1. The largest absolute Gasteiger partial charge is 0.447 e. The number of pyridine rings is 1. The summed E-state index contributed by atoms with van der Waals surface area (Å²) < 4.78 is 11.2. The van der Waals surface area contributed by atoms with Gasteiger partial charge >= 0.3 is 12.2 Å². The van der Waals surface area contributed by atoms with Gasteiger partial charge in [-0.25, -0.2) is 9.59 Å². The summed E-state index contributed by atoms with van der Waals surface area (Å²) in [7, 11) is 1.83. The van der Waals surface area contributed by atoms with Crippen molar-refractivity contribution in [3.63, 3.8) is 0 Å². The average Bonchev–Trinajstić information content (AvgIpc) is 3.75. The number of hydrogen-bond acceptors (Lipinski definition) is 8. The topological polar surface area (TPSA) is 113 Å². The molecule has 5 rings (SSSR count). The number of nitrogens with two attached hydrogens (primary N) is 1. The summed E-state index contributed by atoms with van der Waals surface area (Å²) in [4.78, 5) is 36.6. The Kier molecular flexibility index (Phi) is 9.22. The summed E-state index contributed by atoms with van der Waals surface area (Å²) in [6, 6.07) is 8.77. The van der Waals surface area contributed by atoms with Gasteiger partial charge in [-0.15, -0.1) is 0 Å². The van der Waals surface area contributed by atoms with Crippen LogP contribution in [0.5, 0.6) is 0 Å². The van der Waals surface area contributed by atoms with Crippen LogP contribution in [0, 0.1) is 0 Å². The number of piperazine rings is 1. The number of nitrogens with zero attached hydrogens (tertiary/aromatic N) is 4. The first-order valence-electron chi connectivity index (χ1n) is 15.0. The van der Waals surface area contributed by atoms with E-state index in [0.717, 1.165) is 40.8 Å². The van der Waals surface area contributed by atoms with E-state index in [1.807, 2.05) is 64.2 Å². The van der Waals surface area contributed by atoms with Gasteiger partial charge in [-0.05, 0) is 86.4 Å². The van der Waals surface area contributed by atoms with Crippen LogP contribution in [0.4, 0.5) is 9.59 Å². The molecule has 11 heteroatoms. The van der Waals surface area contributed by atoms with Crippen molar-refractivity contribution in [2.24, 2.45) is 5.73 Å². The van der Waals surface area contributed by atoms with Crippen molar-refractivity contribution in [2.75, 3.05) is 33.2 Å². The number of carbonyl (C=O) groups is 2. The van der Waals surface area contributed by atoms with Gasteiger partial charge in [0.15, 0.2) is 0 Å². The fraction of sp³-hybridized carbons (Fsp3) is 0.424. The predicted molar refractivity (Wildman–Crippen MR) is 171 cm³/mol. The SMILES string of the molecule is C=CN(C)/C(=C\N)C(NC(=O)OC1(C)CC1)C1=Cc2cccnc2C(N2CCN(C(=O)OC(C)C)CC2)c2ccc(Cl)cc21. The number of likely N-dealkylation sites (N-methyl/N-ethyl adjacent to an activating group) is 1. The number of nitrogens with one attached hydrogen (secondary N) is 1. The molecule has 0 radical (unpaired) electrons. The van der Waals surface area contributed by atoms with Gasteiger partial charge in [0.1, 0.15) is 5.60 Å². The number of fused-ring (bicyclic) bond motifs is 2. The maximum Gasteiger partial charge on any atom is 0.410 e. The van der Waals surface area contributed by atoms with Crippen LogP contribution in [0.25, 0.3) is 11.6 Å². The number of benzene rings is 1. The van der Waals surface area contributed by atoms with Crippen LogP contribution in [0.2, 0.25) is 5.02 Å². The van der Waals surface area contributed by atoms with E-state index in [2.05, 4.69) is 16.8 Å². The molecule has 2 fully saturated rings.